The first kappa shape index (κ1) is 27.4. The molecule has 36 heavy (non-hydrogen) atoms. The molecule has 1 aliphatic carbocycles. The van der Waals surface area contributed by atoms with E-state index in [1.165, 1.54) is 11.1 Å². The van der Waals surface area contributed by atoms with Crippen LogP contribution in [0.3, 0.4) is 0 Å². The van der Waals surface area contributed by atoms with E-state index in [0.717, 1.165) is 50.8 Å². The fraction of sp³-hybridized carbons (Fsp3) is 0.414. The van der Waals surface area contributed by atoms with Crippen molar-refractivity contribution in [3.63, 3.8) is 0 Å². The van der Waals surface area contributed by atoms with Gasteiger partial charge in [0.15, 0.2) is 0 Å². The summed E-state index contributed by atoms with van der Waals surface area (Å²) in [5.41, 5.74) is 5.98. The molecule has 1 aromatic heterocycles. The minimum atomic E-state index is -0.470. The first-order valence-electron chi connectivity index (χ1n) is 12.4. The largest absolute Gasteiger partial charge is 0.390 e. The van der Waals surface area contributed by atoms with Crippen molar-refractivity contribution in [2.75, 3.05) is 20.1 Å². The number of carbonyl (C=O) groups is 1. The van der Waals surface area contributed by atoms with E-state index in [1.807, 2.05) is 31.3 Å². The van der Waals surface area contributed by atoms with Crippen LogP contribution in [-0.2, 0) is 24.1 Å². The van der Waals surface area contributed by atoms with Crippen LogP contribution >= 0.6 is 34.9 Å². The second kappa shape index (κ2) is 12.2. The number of nitrogens with zero attached hydrogens (tertiary/aromatic N) is 1. The number of β-amino-alcohol motifs (C(OH)–C–C–N with tert-alkyl or cyclic N) is 1. The second-order valence-electron chi connectivity index (χ2n) is 10.4. The molecule has 192 valence electrons. The minimum Gasteiger partial charge on any atom is -0.390 e. The number of aldehydes is 1. The third-order valence-electron chi connectivity index (χ3n) is 6.71. The van der Waals surface area contributed by atoms with Gasteiger partial charge in [0.05, 0.1) is 10.3 Å². The van der Waals surface area contributed by atoms with Gasteiger partial charge in [0.25, 0.3) is 0 Å². The molecule has 1 heterocycles. The number of carbonyl (C=O) groups excluding carboxylic acids is 1. The van der Waals surface area contributed by atoms with Crippen LogP contribution < -0.4 is 5.32 Å². The maximum Gasteiger partial charge on any atom is 0.124 e. The minimum absolute atomic E-state index is 0.0309. The second-order valence-corrected chi connectivity index (χ2v) is 13.5. The van der Waals surface area contributed by atoms with Gasteiger partial charge < -0.3 is 15.2 Å². The molecule has 2 aromatic carbocycles. The lowest BCUT2D eigenvalue weighted by Gasteiger charge is -2.31. The standard InChI is InChI=1S/C29H35ClN2O2S2/c1-29(2,17-21-14-23-6-4-5-7-24(23)15-21)31-18-25(34)19-32(3)36-27-16-26(28(30)35-27)22-10-8-20(9-11-22)12-13-33/h4-11,13,16,21,25,31,34H,12,14-15,17-19H2,1-3H3. The van der Waals surface area contributed by atoms with Gasteiger partial charge in [-0.15, -0.1) is 11.3 Å². The Balaban J connectivity index is 1.24. The number of rotatable bonds is 12. The molecule has 0 fully saturated rings. The van der Waals surface area contributed by atoms with Crippen LogP contribution in [0.5, 0.6) is 0 Å². The van der Waals surface area contributed by atoms with Crippen molar-refractivity contribution in [1.29, 1.82) is 0 Å². The molecule has 1 unspecified atom stereocenters. The van der Waals surface area contributed by atoms with E-state index in [0.29, 0.717) is 25.4 Å². The molecule has 2 N–H and O–H groups in total. The number of halogens is 1. The van der Waals surface area contributed by atoms with Crippen LogP contribution in [0.25, 0.3) is 11.1 Å². The molecule has 0 aliphatic heterocycles. The Hall–Kier alpha value is -1.67. The number of aliphatic hydroxyl groups is 1. The van der Waals surface area contributed by atoms with Crippen molar-refractivity contribution >= 4 is 41.2 Å². The lowest BCUT2D eigenvalue weighted by molar-refractivity contribution is -0.107. The Morgan fingerprint density at radius 2 is 1.86 bits per heavy atom. The topological polar surface area (TPSA) is 52.6 Å². The summed E-state index contributed by atoms with van der Waals surface area (Å²) < 4.78 is 3.88. The molecule has 0 saturated heterocycles. The van der Waals surface area contributed by atoms with E-state index in [-0.39, 0.29) is 5.54 Å². The highest BCUT2D eigenvalue weighted by Gasteiger charge is 2.28. The molecule has 7 heteroatoms. The van der Waals surface area contributed by atoms with Gasteiger partial charge in [-0.05, 0) is 86.3 Å². The summed E-state index contributed by atoms with van der Waals surface area (Å²) in [5, 5.41) is 14.3. The smallest absolute Gasteiger partial charge is 0.124 e. The lowest BCUT2D eigenvalue weighted by atomic mass is 9.88. The summed E-state index contributed by atoms with van der Waals surface area (Å²) in [7, 11) is 2.00. The number of hydrogen-bond acceptors (Lipinski definition) is 6. The van der Waals surface area contributed by atoms with Gasteiger partial charge in [-0.2, -0.15) is 0 Å². The number of hydrogen-bond donors (Lipinski definition) is 2. The van der Waals surface area contributed by atoms with Crippen molar-refractivity contribution < 1.29 is 9.90 Å². The zero-order chi connectivity index (χ0) is 25.7. The van der Waals surface area contributed by atoms with Crippen molar-refractivity contribution in [3.05, 3.63) is 75.6 Å². The van der Waals surface area contributed by atoms with Crippen LogP contribution in [-0.4, -0.2) is 47.5 Å². The lowest BCUT2D eigenvalue weighted by Crippen LogP contribution is -2.46. The monoisotopic (exact) mass is 542 g/mol. The molecule has 4 rings (SSSR count). The molecule has 1 atom stereocenters. The maximum atomic E-state index is 10.7. The number of thiophene rings is 1. The van der Waals surface area contributed by atoms with Crippen molar-refractivity contribution in [3.8, 4) is 11.1 Å². The van der Waals surface area contributed by atoms with Gasteiger partial charge in [0.1, 0.15) is 10.6 Å². The predicted molar refractivity (Wildman–Crippen MR) is 153 cm³/mol. The van der Waals surface area contributed by atoms with Crippen molar-refractivity contribution in [2.45, 2.75) is 55.4 Å². The van der Waals surface area contributed by atoms with Gasteiger partial charge in [-0.25, -0.2) is 4.31 Å². The Morgan fingerprint density at radius 1 is 1.19 bits per heavy atom. The number of fused-ring (bicyclic) bond motifs is 1. The normalized spacial score (nSPS) is 14.8. The average molecular weight is 543 g/mol. The quantitative estimate of drug-likeness (QED) is 0.208. The Morgan fingerprint density at radius 3 is 2.50 bits per heavy atom. The zero-order valence-corrected chi connectivity index (χ0v) is 23.6. The molecular weight excluding hydrogens is 508 g/mol. The Labute approximate surface area is 228 Å². The Bertz CT molecular complexity index is 1140. The first-order valence-corrected chi connectivity index (χ1v) is 14.4. The molecule has 0 amide bonds. The SMILES string of the molecule is CN(CC(O)CNC(C)(C)CC1Cc2ccccc2C1)Sc1cc(-c2ccc(CC=O)cc2)c(Cl)s1. The van der Waals surface area contributed by atoms with Crippen molar-refractivity contribution in [2.24, 2.45) is 5.92 Å². The molecule has 3 aromatic rings. The summed E-state index contributed by atoms with van der Waals surface area (Å²) in [4.78, 5) is 10.7. The number of nitrogens with one attached hydrogen (secondary N) is 1. The highest BCUT2D eigenvalue weighted by Crippen LogP contribution is 2.41. The van der Waals surface area contributed by atoms with Gasteiger partial charge in [0, 0.05) is 30.6 Å². The van der Waals surface area contributed by atoms with E-state index in [2.05, 4.69) is 53.8 Å². The van der Waals surface area contributed by atoms with Gasteiger partial charge >= 0.3 is 0 Å². The first-order chi connectivity index (χ1) is 17.2. The number of benzene rings is 2. The zero-order valence-electron chi connectivity index (χ0n) is 21.2. The van der Waals surface area contributed by atoms with Gasteiger partial charge in [-0.1, -0.05) is 60.1 Å². The van der Waals surface area contributed by atoms with Crippen LogP contribution in [0.1, 0.15) is 37.0 Å². The van der Waals surface area contributed by atoms with E-state index in [9.17, 15) is 9.90 Å². The van der Waals surface area contributed by atoms with Gasteiger partial charge in [-0.3, -0.25) is 0 Å². The summed E-state index contributed by atoms with van der Waals surface area (Å²) in [6.45, 7) is 5.58. The molecule has 0 radical (unpaired) electrons. The third kappa shape index (κ3) is 7.44. The molecule has 0 spiro atoms. The van der Waals surface area contributed by atoms with Crippen LogP contribution in [0.15, 0.2) is 58.8 Å². The number of likely N-dealkylation sites (N-methyl/N-ethyl adjacent to an activating group) is 1. The summed E-state index contributed by atoms with van der Waals surface area (Å²) in [6, 6.07) is 18.8. The summed E-state index contributed by atoms with van der Waals surface area (Å²) in [6.07, 6.45) is 4.26. The molecule has 0 saturated carbocycles. The predicted octanol–water partition coefficient (Wildman–Crippen LogP) is 6.28. The van der Waals surface area contributed by atoms with Crippen molar-refractivity contribution in [1.82, 2.24) is 9.62 Å². The van der Waals surface area contributed by atoms with Crippen LogP contribution in [0, 0.1) is 5.92 Å². The van der Waals surface area contributed by atoms with E-state index in [4.69, 9.17) is 11.6 Å². The molecule has 4 nitrogen and oxygen atoms in total. The highest BCUT2D eigenvalue weighted by atomic mass is 35.5. The van der Waals surface area contributed by atoms with E-state index >= 15 is 0 Å². The molecule has 0 bridgehead atoms. The summed E-state index contributed by atoms with van der Waals surface area (Å²) in [5.74, 6) is 0.652. The van der Waals surface area contributed by atoms with Crippen LogP contribution in [0.2, 0.25) is 4.34 Å². The fourth-order valence-electron chi connectivity index (χ4n) is 5.04. The fourth-order valence-corrected chi connectivity index (χ4v) is 7.74. The molecular formula is C29H35ClN2O2S2. The van der Waals surface area contributed by atoms with Gasteiger partial charge in [0.2, 0.25) is 0 Å². The van der Waals surface area contributed by atoms with E-state index < -0.39 is 6.10 Å². The Kier molecular flexibility index (Phi) is 9.31. The highest BCUT2D eigenvalue weighted by molar-refractivity contribution is 7.99. The van der Waals surface area contributed by atoms with E-state index in [1.54, 1.807) is 23.3 Å². The maximum absolute atomic E-state index is 10.7. The summed E-state index contributed by atoms with van der Waals surface area (Å²) >= 11 is 9.68. The third-order valence-corrected chi connectivity index (χ3v) is 9.10. The molecule has 1 aliphatic rings. The average Bonchev–Trinajstić information content (AvgIpc) is 3.40. The van der Waals surface area contributed by atoms with Crippen LogP contribution in [0.4, 0.5) is 0 Å². The number of aliphatic hydroxyl groups excluding tert-OH is 1.